The fourth-order valence-electron chi connectivity index (χ4n) is 1.77. The zero-order chi connectivity index (χ0) is 12.3. The van der Waals surface area contributed by atoms with Crippen LogP contribution in [0.3, 0.4) is 0 Å². The molecular formula is C10H13NO5. The number of carboxylic acid groups (broad SMARTS) is 2. The van der Waals surface area contributed by atoms with Crippen LogP contribution >= 0.6 is 0 Å². The van der Waals surface area contributed by atoms with Crippen molar-refractivity contribution in [3.8, 4) is 0 Å². The van der Waals surface area contributed by atoms with E-state index < -0.39 is 17.9 Å². The van der Waals surface area contributed by atoms with Crippen molar-refractivity contribution in [2.24, 2.45) is 0 Å². The normalized spacial score (nSPS) is 10.7. The summed E-state index contributed by atoms with van der Waals surface area (Å²) in [5, 5.41) is 21.2. The van der Waals surface area contributed by atoms with Crippen molar-refractivity contribution < 1.29 is 24.3 Å². The molecule has 16 heavy (non-hydrogen) atoms. The molecular weight excluding hydrogens is 214 g/mol. The summed E-state index contributed by atoms with van der Waals surface area (Å²) < 4.78 is 4.90. The van der Waals surface area contributed by atoms with Gasteiger partial charge >= 0.3 is 11.9 Å². The van der Waals surface area contributed by atoms with Crippen molar-refractivity contribution in [2.45, 2.75) is 32.6 Å². The Morgan fingerprint density at radius 1 is 1.25 bits per heavy atom. The lowest BCUT2D eigenvalue weighted by molar-refractivity contribution is -0.139. The Balaban J connectivity index is 3.00. The molecule has 0 spiro atoms. The molecule has 0 radical (unpaired) electrons. The third kappa shape index (κ3) is 2.82. The van der Waals surface area contributed by atoms with Gasteiger partial charge in [-0.05, 0) is 13.8 Å². The van der Waals surface area contributed by atoms with Gasteiger partial charge in [0.05, 0.1) is 18.5 Å². The predicted molar refractivity (Wildman–Crippen MR) is 53.2 cm³/mol. The fraction of sp³-hybridized carbons (Fsp3) is 0.500. The Morgan fingerprint density at radius 2 is 1.75 bits per heavy atom. The predicted octanol–water partition coefficient (Wildman–Crippen LogP) is 1.32. The highest BCUT2D eigenvalue weighted by molar-refractivity contribution is 5.72. The van der Waals surface area contributed by atoms with Crippen LogP contribution in [0.15, 0.2) is 4.52 Å². The highest BCUT2D eigenvalue weighted by Gasteiger charge is 2.25. The first-order valence-corrected chi connectivity index (χ1v) is 4.78. The Morgan fingerprint density at radius 3 is 2.06 bits per heavy atom. The summed E-state index contributed by atoms with van der Waals surface area (Å²) in [6.45, 7) is 3.31. The van der Waals surface area contributed by atoms with Crippen molar-refractivity contribution in [1.29, 1.82) is 0 Å². The van der Waals surface area contributed by atoms with Crippen LogP contribution in [-0.2, 0) is 9.59 Å². The maximum atomic E-state index is 10.7. The van der Waals surface area contributed by atoms with E-state index in [1.165, 1.54) is 0 Å². The van der Waals surface area contributed by atoms with E-state index in [1.54, 1.807) is 13.8 Å². The zero-order valence-electron chi connectivity index (χ0n) is 9.06. The van der Waals surface area contributed by atoms with Gasteiger partial charge in [0.1, 0.15) is 5.76 Å². The van der Waals surface area contributed by atoms with Crippen molar-refractivity contribution in [1.82, 2.24) is 5.16 Å². The first-order chi connectivity index (χ1) is 7.41. The van der Waals surface area contributed by atoms with Crippen molar-refractivity contribution >= 4 is 11.9 Å². The second kappa shape index (κ2) is 4.78. The molecule has 1 aromatic rings. The highest BCUT2D eigenvalue weighted by atomic mass is 16.5. The standard InChI is InChI=1S/C10H13NO5/c1-5-10(6(2)16-11-5)7(3-8(12)13)4-9(14)15/h7H,3-4H2,1-2H3,(H,12,13)(H,14,15). The number of aromatic nitrogens is 1. The number of carboxylic acids is 2. The Kier molecular flexibility index (Phi) is 3.65. The smallest absolute Gasteiger partial charge is 0.303 e. The number of aryl methyl sites for hydroxylation is 2. The molecule has 0 saturated heterocycles. The molecule has 1 heterocycles. The minimum absolute atomic E-state index is 0.241. The number of aliphatic carboxylic acids is 2. The lowest BCUT2D eigenvalue weighted by Gasteiger charge is -2.11. The number of hydrogen-bond acceptors (Lipinski definition) is 4. The van der Waals surface area contributed by atoms with Gasteiger partial charge in [-0.25, -0.2) is 0 Å². The van der Waals surface area contributed by atoms with Crippen molar-refractivity contribution in [3.05, 3.63) is 17.0 Å². The molecule has 0 fully saturated rings. The molecule has 6 nitrogen and oxygen atoms in total. The molecule has 6 heteroatoms. The summed E-state index contributed by atoms with van der Waals surface area (Å²) in [4.78, 5) is 21.3. The summed E-state index contributed by atoms with van der Waals surface area (Å²) in [5.41, 5.74) is 1.13. The van der Waals surface area contributed by atoms with Crippen LogP contribution in [0.4, 0.5) is 0 Å². The Labute approximate surface area is 91.9 Å². The second-order valence-electron chi connectivity index (χ2n) is 3.63. The summed E-state index contributed by atoms with van der Waals surface area (Å²) in [6.07, 6.45) is -0.482. The molecule has 0 aliphatic carbocycles. The quantitative estimate of drug-likeness (QED) is 0.786. The maximum absolute atomic E-state index is 10.7. The van der Waals surface area contributed by atoms with Crippen LogP contribution in [0.25, 0.3) is 0 Å². The molecule has 2 N–H and O–H groups in total. The molecule has 1 aromatic heterocycles. The van der Waals surface area contributed by atoms with E-state index in [-0.39, 0.29) is 12.8 Å². The minimum Gasteiger partial charge on any atom is -0.481 e. The van der Waals surface area contributed by atoms with E-state index in [2.05, 4.69) is 5.16 Å². The highest BCUT2D eigenvalue weighted by Crippen LogP contribution is 2.29. The largest absolute Gasteiger partial charge is 0.481 e. The van der Waals surface area contributed by atoms with Crippen LogP contribution in [0.5, 0.6) is 0 Å². The lowest BCUT2D eigenvalue weighted by atomic mass is 9.91. The van der Waals surface area contributed by atoms with Gasteiger partial charge in [0.2, 0.25) is 0 Å². The molecule has 0 unspecified atom stereocenters. The number of nitrogens with zero attached hydrogens (tertiary/aromatic N) is 1. The van der Waals surface area contributed by atoms with Gasteiger partial charge in [-0.3, -0.25) is 9.59 Å². The molecule has 0 amide bonds. The van der Waals surface area contributed by atoms with Gasteiger partial charge in [0, 0.05) is 11.5 Å². The van der Waals surface area contributed by atoms with Crippen molar-refractivity contribution in [3.63, 3.8) is 0 Å². The molecule has 0 aliphatic rings. The Hall–Kier alpha value is -1.85. The summed E-state index contributed by atoms with van der Waals surface area (Å²) >= 11 is 0. The zero-order valence-corrected chi connectivity index (χ0v) is 9.06. The molecule has 1 rings (SSSR count). The van der Waals surface area contributed by atoms with Gasteiger partial charge in [-0.2, -0.15) is 0 Å². The second-order valence-corrected chi connectivity index (χ2v) is 3.63. The molecule has 0 aromatic carbocycles. The average Bonchev–Trinajstić information content (AvgIpc) is 2.43. The maximum Gasteiger partial charge on any atom is 0.303 e. The van der Waals surface area contributed by atoms with E-state index in [1.807, 2.05) is 0 Å². The van der Waals surface area contributed by atoms with Crippen LogP contribution in [0.1, 0.15) is 35.8 Å². The first-order valence-electron chi connectivity index (χ1n) is 4.78. The van der Waals surface area contributed by atoms with Crippen molar-refractivity contribution in [2.75, 3.05) is 0 Å². The topological polar surface area (TPSA) is 101 Å². The van der Waals surface area contributed by atoms with E-state index in [0.29, 0.717) is 17.0 Å². The van der Waals surface area contributed by atoms with Crippen LogP contribution in [0, 0.1) is 13.8 Å². The van der Waals surface area contributed by atoms with Gasteiger partial charge in [0.25, 0.3) is 0 Å². The van der Waals surface area contributed by atoms with Gasteiger partial charge in [-0.15, -0.1) is 0 Å². The van der Waals surface area contributed by atoms with E-state index in [0.717, 1.165) is 0 Å². The Bertz CT molecular complexity index is 374. The van der Waals surface area contributed by atoms with Gasteiger partial charge in [0.15, 0.2) is 0 Å². The lowest BCUT2D eigenvalue weighted by Crippen LogP contribution is -2.12. The average molecular weight is 227 g/mol. The van der Waals surface area contributed by atoms with Crippen LogP contribution < -0.4 is 0 Å². The van der Waals surface area contributed by atoms with Crippen LogP contribution in [0.2, 0.25) is 0 Å². The summed E-state index contributed by atoms with van der Waals surface area (Å²) in [5.74, 6) is -2.19. The van der Waals surface area contributed by atoms with E-state index in [4.69, 9.17) is 14.7 Å². The summed E-state index contributed by atoms with van der Waals surface area (Å²) in [7, 11) is 0. The van der Waals surface area contributed by atoms with Gasteiger partial charge < -0.3 is 14.7 Å². The molecule has 0 bridgehead atoms. The number of carbonyl (C=O) groups is 2. The summed E-state index contributed by atoms with van der Waals surface area (Å²) in [6, 6.07) is 0. The minimum atomic E-state index is -1.04. The number of rotatable bonds is 5. The first kappa shape index (κ1) is 12.2. The third-order valence-corrected chi connectivity index (χ3v) is 2.34. The molecule has 0 saturated carbocycles. The molecule has 88 valence electrons. The van der Waals surface area contributed by atoms with Crippen LogP contribution in [-0.4, -0.2) is 27.3 Å². The third-order valence-electron chi connectivity index (χ3n) is 2.34. The number of hydrogen-bond donors (Lipinski definition) is 2. The molecule has 0 atom stereocenters. The monoisotopic (exact) mass is 227 g/mol. The van der Waals surface area contributed by atoms with E-state index >= 15 is 0 Å². The molecule has 0 aliphatic heterocycles. The van der Waals surface area contributed by atoms with E-state index in [9.17, 15) is 9.59 Å². The SMILES string of the molecule is Cc1noc(C)c1C(CC(=O)O)CC(=O)O. The fourth-order valence-corrected chi connectivity index (χ4v) is 1.77. The van der Waals surface area contributed by atoms with Gasteiger partial charge in [-0.1, -0.05) is 5.16 Å².